The minimum Gasteiger partial charge on any atom is -0.301 e. The Balaban J connectivity index is 1.04. The molecule has 188 valence electrons. The number of thioether (sulfide) groups is 1. The van der Waals surface area contributed by atoms with Gasteiger partial charge in [0.25, 0.3) is 0 Å². The van der Waals surface area contributed by atoms with Crippen molar-refractivity contribution in [2.24, 2.45) is 16.7 Å². The molecule has 33 heavy (non-hydrogen) atoms. The van der Waals surface area contributed by atoms with Gasteiger partial charge in [0, 0.05) is 35.5 Å². The Hall–Kier alpha value is 0.230. The maximum absolute atomic E-state index is 3.09. The van der Waals surface area contributed by atoms with E-state index in [4.69, 9.17) is 0 Å². The zero-order valence-electron chi connectivity index (χ0n) is 22.3. The van der Waals surface area contributed by atoms with E-state index in [1.165, 1.54) is 96.8 Å². The van der Waals surface area contributed by atoms with Crippen molar-refractivity contribution in [3.05, 3.63) is 0 Å². The fourth-order valence-electron chi connectivity index (χ4n) is 9.37. The molecule has 3 saturated heterocycles. The van der Waals surface area contributed by atoms with Gasteiger partial charge in [-0.2, -0.15) is 0 Å². The van der Waals surface area contributed by atoms with Gasteiger partial charge in [0.15, 0.2) is 0 Å². The minimum atomic E-state index is 0.554. The van der Waals surface area contributed by atoms with E-state index in [0.29, 0.717) is 17.0 Å². The molecule has 3 aliphatic heterocycles. The Labute approximate surface area is 208 Å². The summed E-state index contributed by atoms with van der Waals surface area (Å²) < 4.78 is 0. The van der Waals surface area contributed by atoms with Crippen LogP contribution in [0.5, 0.6) is 0 Å². The molecule has 6 rings (SSSR count). The second-order valence-electron chi connectivity index (χ2n) is 14.0. The van der Waals surface area contributed by atoms with Gasteiger partial charge in [-0.1, -0.05) is 6.42 Å². The summed E-state index contributed by atoms with van der Waals surface area (Å²) in [6.07, 6.45) is 16.4. The van der Waals surface area contributed by atoms with E-state index in [1.807, 2.05) is 0 Å². The highest BCUT2D eigenvalue weighted by Gasteiger charge is 2.64. The van der Waals surface area contributed by atoms with E-state index in [-0.39, 0.29) is 0 Å². The number of hydrogen-bond acceptors (Lipinski definition) is 4. The summed E-state index contributed by atoms with van der Waals surface area (Å²) in [6.45, 7) is 17.7. The summed E-state index contributed by atoms with van der Waals surface area (Å²) in [4.78, 5) is 8.64. The molecule has 0 bridgehead atoms. The van der Waals surface area contributed by atoms with Crippen molar-refractivity contribution in [2.75, 3.05) is 26.2 Å². The Morgan fingerprint density at radius 1 is 0.758 bits per heavy atom. The second kappa shape index (κ2) is 8.38. The summed E-state index contributed by atoms with van der Waals surface area (Å²) in [5.41, 5.74) is 2.02. The first-order valence-corrected chi connectivity index (χ1v) is 15.6. The maximum atomic E-state index is 3.09. The van der Waals surface area contributed by atoms with Crippen molar-refractivity contribution in [3.63, 3.8) is 0 Å². The molecule has 0 aromatic heterocycles. The van der Waals surface area contributed by atoms with E-state index < -0.39 is 0 Å². The second-order valence-corrected chi connectivity index (χ2v) is 15.6. The summed E-state index contributed by atoms with van der Waals surface area (Å²) in [7, 11) is 0. The van der Waals surface area contributed by atoms with Crippen LogP contribution in [0.25, 0.3) is 0 Å². The van der Waals surface area contributed by atoms with E-state index in [0.717, 1.165) is 34.0 Å². The van der Waals surface area contributed by atoms with E-state index >= 15 is 0 Å². The van der Waals surface area contributed by atoms with Gasteiger partial charge >= 0.3 is 0 Å². The molecule has 4 heteroatoms. The van der Waals surface area contributed by atoms with Crippen LogP contribution < -0.4 is 0 Å². The van der Waals surface area contributed by atoms with Crippen LogP contribution in [0, 0.1) is 16.7 Å². The lowest BCUT2D eigenvalue weighted by atomic mass is 9.68. The van der Waals surface area contributed by atoms with E-state index in [9.17, 15) is 0 Å². The molecule has 0 aromatic rings. The predicted octanol–water partition coefficient (Wildman–Crippen LogP) is 6.23. The van der Waals surface area contributed by atoms with Crippen molar-refractivity contribution in [1.29, 1.82) is 0 Å². The van der Waals surface area contributed by atoms with Crippen LogP contribution in [0.4, 0.5) is 0 Å². The SMILES string of the molecule is CC(C)N1CCC2(CC1)CC2C1CCC2(CC(SC(C)N3CCC4(CCC4)C3)C2)N1C(C)C. The highest BCUT2D eigenvalue weighted by molar-refractivity contribution is 8.00. The van der Waals surface area contributed by atoms with Gasteiger partial charge in [0.1, 0.15) is 0 Å². The summed E-state index contributed by atoms with van der Waals surface area (Å²) >= 11 is 2.34. The van der Waals surface area contributed by atoms with Crippen LogP contribution in [0.3, 0.4) is 0 Å². The van der Waals surface area contributed by atoms with Gasteiger partial charge in [-0.25, -0.2) is 0 Å². The Bertz CT molecular complexity index is 716. The average molecular weight is 474 g/mol. The number of likely N-dealkylation sites (tertiary alicyclic amines) is 3. The van der Waals surface area contributed by atoms with Crippen LogP contribution in [0.15, 0.2) is 0 Å². The molecule has 0 radical (unpaired) electrons. The Morgan fingerprint density at radius 2 is 1.45 bits per heavy atom. The fourth-order valence-corrected chi connectivity index (χ4v) is 11.1. The highest BCUT2D eigenvalue weighted by atomic mass is 32.2. The largest absolute Gasteiger partial charge is 0.301 e. The van der Waals surface area contributed by atoms with Crippen LogP contribution in [0.2, 0.25) is 0 Å². The van der Waals surface area contributed by atoms with Gasteiger partial charge in [-0.15, -0.1) is 11.8 Å². The van der Waals surface area contributed by atoms with Crippen molar-refractivity contribution < 1.29 is 0 Å². The molecule has 0 aromatic carbocycles. The monoisotopic (exact) mass is 473 g/mol. The first-order chi connectivity index (χ1) is 15.7. The van der Waals surface area contributed by atoms with E-state index in [2.05, 4.69) is 61.1 Å². The molecule has 3 saturated carbocycles. The smallest absolute Gasteiger partial charge is 0.0531 e. The maximum Gasteiger partial charge on any atom is 0.0531 e. The lowest BCUT2D eigenvalue weighted by Gasteiger charge is -2.54. The molecular weight excluding hydrogens is 422 g/mol. The van der Waals surface area contributed by atoms with Gasteiger partial charge < -0.3 is 4.90 Å². The van der Waals surface area contributed by atoms with Crippen molar-refractivity contribution >= 4 is 11.8 Å². The molecule has 6 fully saturated rings. The molecule has 0 N–H and O–H groups in total. The molecule has 3 atom stereocenters. The number of rotatable bonds is 6. The summed E-state index contributed by atoms with van der Waals surface area (Å²) in [6, 6.07) is 2.33. The topological polar surface area (TPSA) is 9.72 Å². The predicted molar refractivity (Wildman–Crippen MR) is 142 cm³/mol. The molecule has 3 spiro atoms. The normalized spacial score (nSPS) is 41.4. The lowest BCUT2D eigenvalue weighted by molar-refractivity contribution is -0.00328. The summed E-state index contributed by atoms with van der Waals surface area (Å²) in [5, 5.41) is 1.63. The van der Waals surface area contributed by atoms with Crippen LogP contribution >= 0.6 is 11.8 Å². The molecule has 0 amide bonds. The van der Waals surface area contributed by atoms with Gasteiger partial charge in [-0.3, -0.25) is 9.80 Å². The van der Waals surface area contributed by atoms with Gasteiger partial charge in [0.2, 0.25) is 0 Å². The average Bonchev–Trinajstić information content (AvgIpc) is 3.10. The third kappa shape index (κ3) is 3.96. The quantitative estimate of drug-likeness (QED) is 0.452. The first kappa shape index (κ1) is 23.6. The molecule has 3 unspecified atom stereocenters. The van der Waals surface area contributed by atoms with Crippen LogP contribution in [-0.2, 0) is 0 Å². The third-order valence-corrected chi connectivity index (χ3v) is 13.0. The van der Waals surface area contributed by atoms with Crippen LogP contribution in [0.1, 0.15) is 105 Å². The minimum absolute atomic E-state index is 0.554. The first-order valence-electron chi connectivity index (χ1n) is 14.7. The molecule has 3 aliphatic carbocycles. The van der Waals surface area contributed by atoms with Crippen molar-refractivity contribution in [2.45, 2.75) is 140 Å². The zero-order valence-corrected chi connectivity index (χ0v) is 23.1. The zero-order chi connectivity index (χ0) is 23.0. The Morgan fingerprint density at radius 3 is 2.03 bits per heavy atom. The van der Waals surface area contributed by atoms with Crippen LogP contribution in [-0.4, -0.2) is 75.2 Å². The van der Waals surface area contributed by atoms with Gasteiger partial charge in [0.05, 0.1) is 5.37 Å². The number of nitrogens with zero attached hydrogens (tertiary/aromatic N) is 3. The molecule has 3 heterocycles. The van der Waals surface area contributed by atoms with E-state index in [1.54, 1.807) is 0 Å². The highest BCUT2D eigenvalue weighted by Crippen LogP contribution is 2.66. The van der Waals surface area contributed by atoms with Gasteiger partial charge in [-0.05, 0) is 135 Å². The third-order valence-electron chi connectivity index (χ3n) is 11.6. The molecular formula is C29H51N3S. The standard InChI is InChI=1S/C29H51N3S/c1-21(2)30-15-12-28(13-16-30)19-25(28)26-7-10-29(32(26)22(3)4)17-24(18-29)33-23(5)31-14-11-27(20-31)8-6-9-27/h21-26H,6-20H2,1-5H3. The fraction of sp³-hybridized carbons (Fsp3) is 1.00. The number of piperidine rings is 1. The van der Waals surface area contributed by atoms with Crippen molar-refractivity contribution in [1.82, 2.24) is 14.7 Å². The van der Waals surface area contributed by atoms with Crippen molar-refractivity contribution in [3.8, 4) is 0 Å². The lowest BCUT2D eigenvalue weighted by Crippen LogP contribution is -2.60. The summed E-state index contributed by atoms with van der Waals surface area (Å²) in [5.74, 6) is 1.00. The molecule has 6 aliphatic rings. The Kier molecular flexibility index (Phi) is 6.00. The number of hydrogen-bond donors (Lipinski definition) is 0. The molecule has 3 nitrogen and oxygen atoms in total.